The largest absolute Gasteiger partial charge is 0.481 e. The van der Waals surface area contributed by atoms with E-state index in [1.165, 1.54) is 0 Å². The Hall–Kier alpha value is -1.17. The Morgan fingerprint density at radius 1 is 1.73 bits per heavy atom. The first kappa shape index (κ1) is 7.93. The molecule has 11 heavy (non-hydrogen) atoms. The minimum atomic E-state index is -0.849. The van der Waals surface area contributed by atoms with Crippen LogP contribution in [0.15, 0.2) is 0 Å². The molecule has 0 aliphatic heterocycles. The lowest BCUT2D eigenvalue weighted by molar-refractivity contribution is -0.137. The van der Waals surface area contributed by atoms with E-state index in [9.17, 15) is 4.79 Å². The van der Waals surface area contributed by atoms with E-state index in [4.69, 9.17) is 10.8 Å². The minimum absolute atomic E-state index is 0.0518. The van der Waals surface area contributed by atoms with Crippen LogP contribution in [0.3, 0.4) is 0 Å². The zero-order valence-corrected chi connectivity index (χ0v) is 6.47. The number of carbonyl (C=O) groups is 1. The van der Waals surface area contributed by atoms with Crippen molar-refractivity contribution in [3.63, 3.8) is 0 Å². The van der Waals surface area contributed by atoms with Crippen LogP contribution in [0.25, 0.3) is 0 Å². The Kier molecular flexibility index (Phi) is 2.37. The average molecular weight is 173 g/mol. The molecule has 0 amide bonds. The van der Waals surface area contributed by atoms with E-state index in [-0.39, 0.29) is 6.42 Å². The van der Waals surface area contributed by atoms with E-state index >= 15 is 0 Å². The summed E-state index contributed by atoms with van der Waals surface area (Å²) in [5, 5.41) is 8.68. The molecule has 60 valence electrons. The molecule has 1 aromatic rings. The second-order valence-electron chi connectivity index (χ2n) is 1.94. The molecule has 0 saturated heterocycles. The van der Waals surface area contributed by atoms with Gasteiger partial charge in [0.25, 0.3) is 0 Å². The van der Waals surface area contributed by atoms with Crippen LogP contribution in [0.4, 0.5) is 5.13 Å². The summed E-state index contributed by atoms with van der Waals surface area (Å²) >= 11 is 1.08. The number of nitrogens with two attached hydrogens (primary N) is 1. The van der Waals surface area contributed by atoms with Crippen LogP contribution in [-0.4, -0.2) is 20.4 Å². The summed E-state index contributed by atoms with van der Waals surface area (Å²) in [5.41, 5.74) is 5.28. The molecule has 0 aromatic carbocycles. The molecule has 0 aliphatic rings. The monoisotopic (exact) mass is 173 g/mol. The van der Waals surface area contributed by atoms with Gasteiger partial charge in [-0.2, -0.15) is 4.37 Å². The molecular weight excluding hydrogens is 166 g/mol. The van der Waals surface area contributed by atoms with Gasteiger partial charge in [-0.1, -0.05) is 0 Å². The summed E-state index contributed by atoms with van der Waals surface area (Å²) in [6, 6.07) is 0. The number of carboxylic acid groups (broad SMARTS) is 1. The van der Waals surface area contributed by atoms with Crippen LogP contribution in [0.2, 0.25) is 0 Å². The topological polar surface area (TPSA) is 89.1 Å². The van der Waals surface area contributed by atoms with Gasteiger partial charge in [0.05, 0.1) is 6.42 Å². The van der Waals surface area contributed by atoms with Gasteiger partial charge in [-0.15, -0.1) is 0 Å². The van der Waals surface area contributed by atoms with Crippen LogP contribution >= 0.6 is 11.5 Å². The maximum atomic E-state index is 10.1. The number of nitrogen functional groups attached to an aromatic ring is 1. The smallest absolute Gasteiger partial charge is 0.303 e. The van der Waals surface area contributed by atoms with E-state index in [0.717, 1.165) is 11.5 Å². The summed E-state index contributed by atoms with van der Waals surface area (Å²) in [6.07, 6.45) is 0.402. The van der Waals surface area contributed by atoms with Crippen molar-refractivity contribution in [2.45, 2.75) is 12.8 Å². The molecule has 0 atom stereocenters. The van der Waals surface area contributed by atoms with E-state index in [2.05, 4.69) is 9.36 Å². The molecule has 3 N–H and O–H groups in total. The highest BCUT2D eigenvalue weighted by Gasteiger charge is 2.03. The second kappa shape index (κ2) is 3.29. The highest BCUT2D eigenvalue weighted by molar-refractivity contribution is 7.09. The molecule has 0 spiro atoms. The number of aryl methyl sites for hydroxylation is 1. The summed E-state index contributed by atoms with van der Waals surface area (Å²) in [7, 11) is 0. The molecule has 0 fully saturated rings. The first-order chi connectivity index (χ1) is 5.18. The molecule has 0 radical (unpaired) electrons. The fraction of sp³-hybridized carbons (Fsp3) is 0.400. The summed E-state index contributed by atoms with van der Waals surface area (Å²) in [4.78, 5) is 13.9. The first-order valence-electron chi connectivity index (χ1n) is 2.98. The molecule has 1 rings (SSSR count). The lowest BCUT2D eigenvalue weighted by atomic mass is 10.3. The number of rotatable bonds is 3. The zero-order chi connectivity index (χ0) is 8.27. The van der Waals surface area contributed by atoms with Gasteiger partial charge in [-0.3, -0.25) is 4.79 Å². The van der Waals surface area contributed by atoms with Crippen molar-refractivity contribution in [2.75, 3.05) is 5.73 Å². The van der Waals surface area contributed by atoms with Gasteiger partial charge in [0.15, 0.2) is 5.13 Å². The zero-order valence-electron chi connectivity index (χ0n) is 5.65. The third-order valence-corrected chi connectivity index (χ3v) is 1.63. The van der Waals surface area contributed by atoms with Gasteiger partial charge in [-0.25, -0.2) is 4.98 Å². The van der Waals surface area contributed by atoms with E-state index in [1.807, 2.05) is 0 Å². The predicted molar refractivity (Wildman–Crippen MR) is 40.3 cm³/mol. The molecule has 0 saturated carbocycles. The fourth-order valence-corrected chi connectivity index (χ4v) is 1.06. The third-order valence-electron chi connectivity index (χ3n) is 1.05. The molecule has 0 unspecified atom stereocenters. The highest BCUT2D eigenvalue weighted by Crippen LogP contribution is 2.06. The van der Waals surface area contributed by atoms with Gasteiger partial charge in [0.1, 0.15) is 5.82 Å². The number of hydrogen-bond donors (Lipinski definition) is 2. The average Bonchev–Trinajstić information content (AvgIpc) is 2.31. The van der Waals surface area contributed by atoms with Crippen LogP contribution in [0.1, 0.15) is 12.2 Å². The van der Waals surface area contributed by atoms with Crippen molar-refractivity contribution >= 4 is 22.6 Å². The Morgan fingerprint density at radius 2 is 2.45 bits per heavy atom. The van der Waals surface area contributed by atoms with Gasteiger partial charge < -0.3 is 10.8 Å². The first-order valence-corrected chi connectivity index (χ1v) is 3.75. The maximum absolute atomic E-state index is 10.1. The van der Waals surface area contributed by atoms with Crippen molar-refractivity contribution in [3.8, 4) is 0 Å². The number of aromatic nitrogens is 2. The normalized spacial score (nSPS) is 9.82. The van der Waals surface area contributed by atoms with Crippen LogP contribution in [0, 0.1) is 0 Å². The second-order valence-corrected chi connectivity index (χ2v) is 2.73. The molecule has 0 aliphatic carbocycles. The fourth-order valence-electron chi connectivity index (χ4n) is 0.588. The summed E-state index contributed by atoms with van der Waals surface area (Å²) in [6.45, 7) is 0. The summed E-state index contributed by atoms with van der Waals surface area (Å²) < 4.78 is 3.83. The lowest BCUT2D eigenvalue weighted by Crippen LogP contribution is -1.98. The van der Waals surface area contributed by atoms with Gasteiger partial charge in [-0.05, 0) is 0 Å². The maximum Gasteiger partial charge on any atom is 0.303 e. The minimum Gasteiger partial charge on any atom is -0.481 e. The number of carboxylic acids is 1. The quantitative estimate of drug-likeness (QED) is 0.678. The van der Waals surface area contributed by atoms with Crippen molar-refractivity contribution in [1.29, 1.82) is 0 Å². The van der Waals surface area contributed by atoms with Crippen LogP contribution in [-0.2, 0) is 11.2 Å². The van der Waals surface area contributed by atoms with Crippen molar-refractivity contribution in [2.24, 2.45) is 0 Å². The van der Waals surface area contributed by atoms with Gasteiger partial charge in [0.2, 0.25) is 0 Å². The molecular formula is C5H7N3O2S. The third kappa shape index (κ3) is 2.50. The predicted octanol–water partition coefficient (Wildman–Crippen LogP) is 0.137. The summed E-state index contributed by atoms with van der Waals surface area (Å²) in [5.74, 6) is -0.340. The Labute approximate surface area is 67.0 Å². The lowest BCUT2D eigenvalue weighted by Gasteiger charge is -1.87. The van der Waals surface area contributed by atoms with Crippen molar-refractivity contribution in [3.05, 3.63) is 5.82 Å². The van der Waals surface area contributed by atoms with E-state index < -0.39 is 5.97 Å². The van der Waals surface area contributed by atoms with Crippen molar-refractivity contribution < 1.29 is 9.90 Å². The Bertz CT molecular complexity index is 260. The SMILES string of the molecule is Nc1nc(CCC(=O)O)ns1. The molecule has 0 bridgehead atoms. The number of anilines is 1. The molecule has 5 nitrogen and oxygen atoms in total. The molecule has 1 aromatic heterocycles. The Balaban J connectivity index is 2.45. The standard InChI is InChI=1S/C5H7N3O2S/c6-5-7-3(8-11-5)1-2-4(9)10/h1-2H2,(H,9,10)(H2,6,7,8). The van der Waals surface area contributed by atoms with Gasteiger partial charge >= 0.3 is 5.97 Å². The Morgan fingerprint density at radius 3 is 2.91 bits per heavy atom. The van der Waals surface area contributed by atoms with E-state index in [0.29, 0.717) is 17.4 Å². The van der Waals surface area contributed by atoms with E-state index in [1.54, 1.807) is 0 Å². The van der Waals surface area contributed by atoms with Crippen LogP contribution in [0.5, 0.6) is 0 Å². The number of hydrogen-bond acceptors (Lipinski definition) is 5. The van der Waals surface area contributed by atoms with Crippen LogP contribution < -0.4 is 5.73 Å². The molecule has 1 heterocycles. The number of nitrogens with zero attached hydrogens (tertiary/aromatic N) is 2. The van der Waals surface area contributed by atoms with Crippen molar-refractivity contribution in [1.82, 2.24) is 9.36 Å². The highest BCUT2D eigenvalue weighted by atomic mass is 32.1. The molecule has 6 heteroatoms. The number of aliphatic carboxylic acids is 1. The van der Waals surface area contributed by atoms with Gasteiger partial charge in [0, 0.05) is 18.0 Å².